The quantitative estimate of drug-likeness (QED) is 0.796. The van der Waals surface area contributed by atoms with Crippen LogP contribution in [0.2, 0.25) is 0 Å². The van der Waals surface area contributed by atoms with Gasteiger partial charge in [-0.2, -0.15) is 0 Å². The SMILES string of the molecule is CC(Cn1nnnc1-c1csc2ccccc12)C(=O)O. The third-order valence-corrected chi connectivity index (χ3v) is 4.09. The minimum Gasteiger partial charge on any atom is -0.481 e. The van der Waals surface area contributed by atoms with Crippen molar-refractivity contribution >= 4 is 27.4 Å². The lowest BCUT2D eigenvalue weighted by Crippen LogP contribution is -2.18. The van der Waals surface area contributed by atoms with Crippen LogP contribution in [0.1, 0.15) is 6.92 Å². The predicted octanol–water partition coefficient (Wildman–Crippen LogP) is 2.28. The number of tetrazole rings is 1. The van der Waals surface area contributed by atoms with Crippen molar-refractivity contribution in [3.63, 3.8) is 0 Å². The number of aromatic nitrogens is 4. The minimum atomic E-state index is -0.860. The lowest BCUT2D eigenvalue weighted by molar-refractivity contribution is -0.141. The summed E-state index contributed by atoms with van der Waals surface area (Å²) in [6.45, 7) is 1.89. The van der Waals surface area contributed by atoms with E-state index in [-0.39, 0.29) is 6.54 Å². The molecule has 7 heteroatoms. The average Bonchev–Trinajstić information content (AvgIpc) is 3.04. The molecule has 0 fully saturated rings. The number of thiophene rings is 1. The third-order valence-electron chi connectivity index (χ3n) is 3.12. The Kier molecular flexibility index (Phi) is 3.19. The van der Waals surface area contributed by atoms with Crippen molar-refractivity contribution in [1.29, 1.82) is 0 Å². The Balaban J connectivity index is 2.03. The lowest BCUT2D eigenvalue weighted by Gasteiger charge is -2.07. The average molecular weight is 288 g/mol. The molecule has 0 aliphatic rings. The molecule has 2 aromatic heterocycles. The van der Waals surface area contributed by atoms with Gasteiger partial charge in [-0.3, -0.25) is 4.79 Å². The summed E-state index contributed by atoms with van der Waals surface area (Å²) in [7, 11) is 0. The molecule has 0 amide bonds. The smallest absolute Gasteiger partial charge is 0.308 e. The van der Waals surface area contributed by atoms with Crippen LogP contribution in [0.5, 0.6) is 0 Å². The van der Waals surface area contributed by atoms with Gasteiger partial charge in [0.1, 0.15) is 0 Å². The molecule has 1 atom stereocenters. The molecule has 6 nitrogen and oxygen atoms in total. The van der Waals surface area contributed by atoms with Gasteiger partial charge in [0.25, 0.3) is 0 Å². The summed E-state index contributed by atoms with van der Waals surface area (Å²) in [5.41, 5.74) is 0.938. The summed E-state index contributed by atoms with van der Waals surface area (Å²) < 4.78 is 2.70. The predicted molar refractivity (Wildman–Crippen MR) is 75.4 cm³/mol. The van der Waals surface area contributed by atoms with E-state index in [1.807, 2.05) is 29.6 Å². The monoisotopic (exact) mass is 288 g/mol. The van der Waals surface area contributed by atoms with E-state index in [0.717, 1.165) is 15.6 Å². The topological polar surface area (TPSA) is 80.9 Å². The number of fused-ring (bicyclic) bond motifs is 1. The first-order chi connectivity index (χ1) is 9.66. The highest BCUT2D eigenvalue weighted by Gasteiger charge is 2.18. The van der Waals surface area contributed by atoms with Gasteiger partial charge >= 0.3 is 5.97 Å². The maximum Gasteiger partial charge on any atom is 0.308 e. The van der Waals surface area contributed by atoms with Crippen molar-refractivity contribution in [1.82, 2.24) is 20.2 Å². The van der Waals surface area contributed by atoms with Gasteiger partial charge in [-0.15, -0.1) is 16.4 Å². The number of hydrogen-bond donors (Lipinski definition) is 1. The van der Waals surface area contributed by atoms with Crippen molar-refractivity contribution < 1.29 is 9.90 Å². The van der Waals surface area contributed by atoms with E-state index in [2.05, 4.69) is 15.5 Å². The lowest BCUT2D eigenvalue weighted by atomic mass is 10.1. The van der Waals surface area contributed by atoms with Gasteiger partial charge in [-0.1, -0.05) is 25.1 Å². The first-order valence-electron chi connectivity index (χ1n) is 6.12. The van der Waals surface area contributed by atoms with E-state index in [0.29, 0.717) is 5.82 Å². The van der Waals surface area contributed by atoms with Crippen molar-refractivity contribution in [2.24, 2.45) is 5.92 Å². The highest BCUT2D eigenvalue weighted by atomic mass is 32.1. The van der Waals surface area contributed by atoms with Crippen molar-refractivity contribution in [2.45, 2.75) is 13.5 Å². The van der Waals surface area contributed by atoms with Crippen LogP contribution in [0.25, 0.3) is 21.5 Å². The van der Waals surface area contributed by atoms with E-state index in [4.69, 9.17) is 5.11 Å². The molecular weight excluding hydrogens is 276 g/mol. The molecule has 0 aliphatic heterocycles. The zero-order valence-electron chi connectivity index (χ0n) is 10.7. The summed E-state index contributed by atoms with van der Waals surface area (Å²) in [5, 5.41) is 23.7. The number of carboxylic acid groups (broad SMARTS) is 1. The summed E-state index contributed by atoms with van der Waals surface area (Å²) >= 11 is 1.62. The molecular formula is C13H12N4O2S. The van der Waals surface area contributed by atoms with Gasteiger partial charge in [-0.25, -0.2) is 4.68 Å². The van der Waals surface area contributed by atoms with Crippen LogP contribution in [0.15, 0.2) is 29.6 Å². The normalized spacial score (nSPS) is 12.7. The Morgan fingerprint density at radius 2 is 2.25 bits per heavy atom. The van der Waals surface area contributed by atoms with E-state index in [1.54, 1.807) is 22.9 Å². The maximum absolute atomic E-state index is 11.0. The fourth-order valence-electron chi connectivity index (χ4n) is 2.01. The van der Waals surface area contributed by atoms with Crippen molar-refractivity contribution in [3.05, 3.63) is 29.6 Å². The zero-order chi connectivity index (χ0) is 14.1. The first kappa shape index (κ1) is 12.7. The maximum atomic E-state index is 11.0. The molecule has 0 bridgehead atoms. The Labute approximate surface area is 118 Å². The summed E-state index contributed by atoms with van der Waals surface area (Å²) in [6.07, 6.45) is 0. The Hall–Kier alpha value is -2.28. The van der Waals surface area contributed by atoms with E-state index < -0.39 is 11.9 Å². The van der Waals surface area contributed by atoms with Gasteiger partial charge in [0, 0.05) is 21.0 Å². The molecule has 1 unspecified atom stereocenters. The van der Waals surface area contributed by atoms with Crippen LogP contribution < -0.4 is 0 Å². The van der Waals surface area contributed by atoms with Crippen LogP contribution in [0, 0.1) is 5.92 Å². The Bertz CT molecular complexity index is 764. The van der Waals surface area contributed by atoms with Gasteiger partial charge < -0.3 is 5.11 Å². The highest BCUT2D eigenvalue weighted by molar-refractivity contribution is 7.17. The second-order valence-corrected chi connectivity index (χ2v) is 5.48. The Morgan fingerprint density at radius 1 is 1.45 bits per heavy atom. The van der Waals surface area contributed by atoms with E-state index in [1.165, 1.54) is 0 Å². The number of aliphatic carboxylic acids is 1. The van der Waals surface area contributed by atoms with Crippen LogP contribution in [0.4, 0.5) is 0 Å². The molecule has 0 saturated carbocycles. The summed E-state index contributed by atoms with van der Waals surface area (Å²) in [6, 6.07) is 8.00. The van der Waals surface area contributed by atoms with Crippen molar-refractivity contribution in [3.8, 4) is 11.4 Å². The fourth-order valence-corrected chi connectivity index (χ4v) is 2.95. The number of carbonyl (C=O) groups is 1. The molecule has 3 aromatic rings. The second-order valence-electron chi connectivity index (χ2n) is 4.57. The molecule has 0 saturated heterocycles. The van der Waals surface area contributed by atoms with Crippen LogP contribution >= 0.6 is 11.3 Å². The van der Waals surface area contributed by atoms with E-state index in [9.17, 15) is 4.79 Å². The van der Waals surface area contributed by atoms with Gasteiger partial charge in [0.05, 0.1) is 12.5 Å². The van der Waals surface area contributed by atoms with Crippen LogP contribution in [0.3, 0.4) is 0 Å². The molecule has 1 aromatic carbocycles. The highest BCUT2D eigenvalue weighted by Crippen LogP contribution is 2.32. The van der Waals surface area contributed by atoms with Crippen molar-refractivity contribution in [2.75, 3.05) is 0 Å². The van der Waals surface area contributed by atoms with Crippen LogP contribution in [-0.4, -0.2) is 31.3 Å². The zero-order valence-corrected chi connectivity index (χ0v) is 11.5. The van der Waals surface area contributed by atoms with Gasteiger partial charge in [-0.05, 0) is 16.5 Å². The molecule has 0 aliphatic carbocycles. The number of hydrogen-bond acceptors (Lipinski definition) is 5. The first-order valence-corrected chi connectivity index (χ1v) is 7.00. The summed E-state index contributed by atoms with van der Waals surface area (Å²) in [4.78, 5) is 11.0. The third kappa shape index (κ3) is 2.16. The molecule has 1 N–H and O–H groups in total. The molecule has 0 radical (unpaired) electrons. The molecule has 3 rings (SSSR count). The minimum absolute atomic E-state index is 0.252. The standard InChI is InChI=1S/C13H12N4O2S/c1-8(13(18)19)6-17-12(14-15-16-17)10-7-20-11-5-3-2-4-9(10)11/h2-5,7-8H,6H2,1H3,(H,18,19). The molecule has 2 heterocycles. The summed E-state index contributed by atoms with van der Waals surface area (Å²) in [5.74, 6) is -0.792. The largest absolute Gasteiger partial charge is 0.481 e. The van der Waals surface area contributed by atoms with Gasteiger partial charge in [0.15, 0.2) is 5.82 Å². The van der Waals surface area contributed by atoms with Crippen LogP contribution in [-0.2, 0) is 11.3 Å². The Morgan fingerprint density at radius 3 is 3.05 bits per heavy atom. The number of rotatable bonds is 4. The second kappa shape index (κ2) is 5.01. The fraction of sp³-hybridized carbons (Fsp3) is 0.231. The molecule has 20 heavy (non-hydrogen) atoms. The number of carboxylic acids is 1. The molecule has 102 valence electrons. The van der Waals surface area contributed by atoms with Gasteiger partial charge in [0.2, 0.25) is 0 Å². The van der Waals surface area contributed by atoms with E-state index >= 15 is 0 Å². The number of benzene rings is 1. The molecule has 0 spiro atoms. The number of nitrogens with zero attached hydrogens (tertiary/aromatic N) is 4.